The van der Waals surface area contributed by atoms with Crippen molar-refractivity contribution in [3.05, 3.63) is 48.4 Å². The number of hydrogen-bond acceptors (Lipinski definition) is 4. The van der Waals surface area contributed by atoms with E-state index in [4.69, 9.17) is 0 Å². The van der Waals surface area contributed by atoms with E-state index in [9.17, 15) is 13.2 Å². The molecule has 0 unspecified atom stereocenters. The second-order valence-corrected chi connectivity index (χ2v) is 4.91. The highest BCUT2D eigenvalue weighted by Gasteiger charge is 2.37. The van der Waals surface area contributed by atoms with Gasteiger partial charge in [0.05, 0.1) is 0 Å². The van der Waals surface area contributed by atoms with Gasteiger partial charge in [-0.15, -0.1) is 15.3 Å². The largest absolute Gasteiger partial charge is 0.453 e. The van der Waals surface area contributed by atoms with Gasteiger partial charge in [-0.25, -0.2) is 0 Å². The van der Waals surface area contributed by atoms with Crippen molar-refractivity contribution in [2.75, 3.05) is 5.32 Å². The van der Waals surface area contributed by atoms with E-state index in [-0.39, 0.29) is 11.5 Å². The van der Waals surface area contributed by atoms with Crippen molar-refractivity contribution in [2.24, 2.45) is 0 Å². The lowest BCUT2D eigenvalue weighted by Crippen LogP contribution is -2.13. The van der Waals surface area contributed by atoms with Gasteiger partial charge >= 0.3 is 6.18 Å². The topological polar surface area (TPSA) is 70.9 Å². The average Bonchev–Trinajstić information content (AvgIpc) is 3.11. The standard InChI is InChI=1S/C14H9F3N6/c15-14(16,17)13-21-20-12-4-3-11(22-23(12)13)19-9-1-2-10-8(7-9)5-6-18-10/h1-7,18H,(H,19,22). The highest BCUT2D eigenvalue weighted by Crippen LogP contribution is 2.28. The van der Waals surface area contributed by atoms with Gasteiger partial charge in [0, 0.05) is 22.8 Å². The number of nitrogens with zero attached hydrogens (tertiary/aromatic N) is 4. The molecule has 0 aliphatic carbocycles. The monoisotopic (exact) mass is 318 g/mol. The smallest absolute Gasteiger partial charge is 0.361 e. The quantitative estimate of drug-likeness (QED) is 0.594. The Kier molecular flexibility index (Phi) is 2.77. The second-order valence-electron chi connectivity index (χ2n) is 4.91. The Labute approximate surface area is 127 Å². The fraction of sp³-hybridized carbons (Fsp3) is 0.0714. The van der Waals surface area contributed by atoms with Crippen molar-refractivity contribution in [3.63, 3.8) is 0 Å². The van der Waals surface area contributed by atoms with Gasteiger partial charge in [-0.3, -0.25) is 0 Å². The van der Waals surface area contributed by atoms with E-state index >= 15 is 0 Å². The van der Waals surface area contributed by atoms with Gasteiger partial charge in [-0.05, 0) is 36.4 Å². The molecular formula is C14H9F3N6. The average molecular weight is 318 g/mol. The van der Waals surface area contributed by atoms with Crippen molar-refractivity contribution in [1.82, 2.24) is 24.8 Å². The Balaban J connectivity index is 1.73. The molecule has 3 heterocycles. The number of halogens is 3. The number of nitrogens with one attached hydrogen (secondary N) is 2. The van der Waals surface area contributed by atoms with E-state index in [0.29, 0.717) is 10.2 Å². The van der Waals surface area contributed by atoms with Crippen LogP contribution in [-0.4, -0.2) is 24.8 Å². The molecule has 0 radical (unpaired) electrons. The van der Waals surface area contributed by atoms with Crippen LogP contribution < -0.4 is 5.32 Å². The molecule has 0 saturated heterocycles. The molecule has 0 atom stereocenters. The van der Waals surface area contributed by atoms with E-state index < -0.39 is 12.0 Å². The lowest BCUT2D eigenvalue weighted by atomic mass is 10.2. The van der Waals surface area contributed by atoms with Crippen LogP contribution in [0.1, 0.15) is 5.82 Å². The van der Waals surface area contributed by atoms with Crippen LogP contribution >= 0.6 is 0 Å². The highest BCUT2D eigenvalue weighted by molar-refractivity contribution is 5.83. The van der Waals surface area contributed by atoms with Crippen LogP contribution in [-0.2, 0) is 6.18 Å². The van der Waals surface area contributed by atoms with Gasteiger partial charge in [0.2, 0.25) is 0 Å². The maximum Gasteiger partial charge on any atom is 0.453 e. The molecule has 2 N–H and O–H groups in total. The van der Waals surface area contributed by atoms with Gasteiger partial charge in [0.15, 0.2) is 11.5 Å². The number of rotatable bonds is 2. The van der Waals surface area contributed by atoms with Gasteiger partial charge in [-0.1, -0.05) is 0 Å². The first kappa shape index (κ1) is 13.6. The van der Waals surface area contributed by atoms with Crippen LogP contribution in [0.3, 0.4) is 0 Å². The zero-order chi connectivity index (χ0) is 16.0. The Hall–Kier alpha value is -3.10. The highest BCUT2D eigenvalue weighted by atomic mass is 19.4. The van der Waals surface area contributed by atoms with Crippen molar-refractivity contribution in [1.29, 1.82) is 0 Å². The first-order valence-electron chi connectivity index (χ1n) is 6.64. The fourth-order valence-electron chi connectivity index (χ4n) is 2.31. The molecular weight excluding hydrogens is 309 g/mol. The normalized spacial score (nSPS) is 12.1. The maximum absolute atomic E-state index is 12.9. The second kappa shape index (κ2) is 4.70. The van der Waals surface area contributed by atoms with Crippen LogP contribution in [0.15, 0.2) is 42.6 Å². The molecule has 0 aliphatic rings. The van der Waals surface area contributed by atoms with Crippen molar-refractivity contribution < 1.29 is 13.2 Å². The van der Waals surface area contributed by atoms with Crippen molar-refractivity contribution in [2.45, 2.75) is 6.18 Å². The van der Waals surface area contributed by atoms with Crippen molar-refractivity contribution in [3.8, 4) is 0 Å². The van der Waals surface area contributed by atoms with Crippen LogP contribution in [0.5, 0.6) is 0 Å². The van der Waals surface area contributed by atoms with E-state index in [1.54, 1.807) is 6.07 Å². The first-order valence-corrected chi connectivity index (χ1v) is 6.64. The van der Waals surface area contributed by atoms with Gasteiger partial charge < -0.3 is 10.3 Å². The molecule has 6 nitrogen and oxygen atoms in total. The van der Waals surface area contributed by atoms with Gasteiger partial charge in [0.1, 0.15) is 0 Å². The first-order chi connectivity index (χ1) is 11.0. The van der Waals surface area contributed by atoms with Crippen LogP contribution in [0, 0.1) is 0 Å². The minimum atomic E-state index is -4.62. The summed E-state index contributed by atoms with van der Waals surface area (Å²) in [6.07, 6.45) is -2.80. The SMILES string of the molecule is FC(F)(F)c1nnc2ccc(Nc3ccc4[nH]ccc4c3)nn12. The Morgan fingerprint density at radius 2 is 1.91 bits per heavy atom. The molecule has 0 aliphatic heterocycles. The van der Waals surface area contributed by atoms with E-state index in [1.165, 1.54) is 6.07 Å². The number of fused-ring (bicyclic) bond motifs is 2. The number of benzene rings is 1. The number of anilines is 2. The van der Waals surface area contributed by atoms with Crippen LogP contribution in [0.25, 0.3) is 16.6 Å². The molecule has 1 aromatic carbocycles. The minimum Gasteiger partial charge on any atom is -0.361 e. The van der Waals surface area contributed by atoms with Crippen LogP contribution in [0.4, 0.5) is 24.7 Å². The molecule has 9 heteroatoms. The summed E-state index contributed by atoms with van der Waals surface area (Å²) in [6.45, 7) is 0. The third-order valence-electron chi connectivity index (χ3n) is 3.34. The third-order valence-corrected chi connectivity index (χ3v) is 3.34. The molecule has 3 aromatic heterocycles. The van der Waals surface area contributed by atoms with E-state index in [1.807, 2.05) is 30.5 Å². The molecule has 0 fully saturated rings. The fourth-order valence-corrected chi connectivity index (χ4v) is 2.31. The Bertz CT molecular complexity index is 1000. The predicted molar refractivity (Wildman–Crippen MR) is 77.4 cm³/mol. The maximum atomic E-state index is 12.9. The number of aromatic nitrogens is 5. The summed E-state index contributed by atoms with van der Waals surface area (Å²) in [5.74, 6) is -0.894. The van der Waals surface area contributed by atoms with Crippen molar-refractivity contribution >= 4 is 28.1 Å². The summed E-state index contributed by atoms with van der Waals surface area (Å²) in [6, 6.07) is 10.4. The van der Waals surface area contributed by atoms with E-state index in [0.717, 1.165) is 10.9 Å². The molecule has 0 amide bonds. The van der Waals surface area contributed by atoms with E-state index in [2.05, 4.69) is 25.6 Å². The summed E-state index contributed by atoms with van der Waals surface area (Å²) < 4.78 is 39.3. The molecule has 0 bridgehead atoms. The summed E-state index contributed by atoms with van der Waals surface area (Å²) in [4.78, 5) is 3.07. The molecule has 0 spiro atoms. The zero-order valence-electron chi connectivity index (χ0n) is 11.5. The number of hydrogen-bond donors (Lipinski definition) is 2. The molecule has 116 valence electrons. The van der Waals surface area contributed by atoms with Crippen LogP contribution in [0.2, 0.25) is 0 Å². The zero-order valence-corrected chi connectivity index (χ0v) is 11.5. The summed E-state index contributed by atoms with van der Waals surface area (Å²) in [5, 5.41) is 14.5. The number of H-pyrrole nitrogens is 1. The lowest BCUT2D eigenvalue weighted by Gasteiger charge is -2.07. The number of aromatic amines is 1. The van der Waals surface area contributed by atoms with Gasteiger partial charge in [0.25, 0.3) is 5.82 Å². The summed E-state index contributed by atoms with van der Waals surface area (Å²) in [7, 11) is 0. The summed E-state index contributed by atoms with van der Waals surface area (Å²) >= 11 is 0. The molecule has 4 rings (SSSR count). The molecule has 4 aromatic rings. The Morgan fingerprint density at radius 1 is 1.04 bits per heavy atom. The molecule has 23 heavy (non-hydrogen) atoms. The predicted octanol–water partition coefficient (Wildman–Crippen LogP) is 3.37. The Morgan fingerprint density at radius 3 is 2.74 bits per heavy atom. The molecule has 0 saturated carbocycles. The minimum absolute atomic E-state index is 0.0314. The number of alkyl halides is 3. The van der Waals surface area contributed by atoms with Gasteiger partial charge in [-0.2, -0.15) is 17.7 Å². The summed E-state index contributed by atoms with van der Waals surface area (Å²) in [5.41, 5.74) is 1.71. The third kappa shape index (κ3) is 2.35. The lowest BCUT2D eigenvalue weighted by molar-refractivity contribution is -0.146.